The van der Waals surface area contributed by atoms with Crippen LogP contribution in [0.5, 0.6) is 0 Å². The predicted octanol–water partition coefficient (Wildman–Crippen LogP) is 3.83. The molecule has 0 aliphatic carbocycles. The first-order chi connectivity index (χ1) is 15.9. The Labute approximate surface area is 195 Å². The second kappa shape index (κ2) is 8.69. The van der Waals surface area contributed by atoms with Gasteiger partial charge in [0.05, 0.1) is 26.7 Å². The quantitative estimate of drug-likeness (QED) is 0.467. The largest absolute Gasteiger partial charge is 0.310 e. The van der Waals surface area contributed by atoms with Gasteiger partial charge in [0.2, 0.25) is 21.1 Å². The highest BCUT2D eigenvalue weighted by molar-refractivity contribution is 7.89. The number of thiazole rings is 1. The van der Waals surface area contributed by atoms with Gasteiger partial charge in [-0.05, 0) is 44.0 Å². The van der Waals surface area contributed by atoms with Crippen molar-refractivity contribution >= 4 is 43.3 Å². The molecular weight excluding hydrogens is 458 g/mol. The fourth-order valence-electron chi connectivity index (χ4n) is 4.03. The number of anilines is 1. The lowest BCUT2D eigenvalue weighted by Gasteiger charge is -2.31. The van der Waals surface area contributed by atoms with Crippen LogP contribution < -0.4 is 5.32 Å². The van der Waals surface area contributed by atoms with Gasteiger partial charge in [-0.25, -0.2) is 13.4 Å². The van der Waals surface area contributed by atoms with Gasteiger partial charge in [-0.2, -0.15) is 14.1 Å². The van der Waals surface area contributed by atoms with Crippen LogP contribution in [0.3, 0.4) is 0 Å². The lowest BCUT2D eigenvalue weighted by molar-refractivity contribution is -0.120. The van der Waals surface area contributed by atoms with Gasteiger partial charge in [0, 0.05) is 19.2 Å². The molecular formula is C23H23N5O3S2. The normalized spacial score (nSPS) is 17.3. The molecule has 1 aliphatic heterocycles. The molecule has 1 fully saturated rings. The number of hydrogen-bond acceptors (Lipinski definition) is 6. The lowest BCUT2D eigenvalue weighted by Crippen LogP contribution is -2.43. The highest BCUT2D eigenvalue weighted by Gasteiger charge is 2.33. The number of rotatable bonds is 5. The van der Waals surface area contributed by atoms with Crippen LogP contribution in [0.25, 0.3) is 15.3 Å². The van der Waals surface area contributed by atoms with E-state index in [1.165, 1.54) is 15.6 Å². The van der Waals surface area contributed by atoms with Crippen molar-refractivity contribution in [2.24, 2.45) is 5.92 Å². The van der Waals surface area contributed by atoms with Crippen LogP contribution >= 0.6 is 11.3 Å². The number of amides is 1. The highest BCUT2D eigenvalue weighted by Crippen LogP contribution is 2.28. The summed E-state index contributed by atoms with van der Waals surface area (Å²) in [5.41, 5.74) is 1.62. The molecule has 1 unspecified atom stereocenters. The number of sulfonamides is 1. The van der Waals surface area contributed by atoms with Crippen molar-refractivity contribution in [3.63, 3.8) is 0 Å². The van der Waals surface area contributed by atoms with E-state index in [-0.39, 0.29) is 17.3 Å². The Balaban J connectivity index is 1.36. The number of hydrogen-bond donors (Lipinski definition) is 1. The maximum absolute atomic E-state index is 13.2. The number of piperidine rings is 1. The molecule has 0 spiro atoms. The first kappa shape index (κ1) is 21.7. The molecule has 2 aromatic heterocycles. The first-order valence-electron chi connectivity index (χ1n) is 10.7. The highest BCUT2D eigenvalue weighted by atomic mass is 32.2. The van der Waals surface area contributed by atoms with Crippen LogP contribution in [0.1, 0.15) is 18.5 Å². The van der Waals surface area contributed by atoms with E-state index in [4.69, 9.17) is 0 Å². The van der Waals surface area contributed by atoms with Crippen LogP contribution in [0.2, 0.25) is 0 Å². The standard InChI is InChI=1S/C23H23N5O3S2/c1-16-14-21(28(26-16)23-24-19-11-5-6-12-20(19)32-23)25-22(29)17-8-7-13-27(15-17)33(30,31)18-9-3-2-4-10-18/h2-6,9-12,14,17H,7-8,13,15H2,1H3,(H,25,29). The van der Waals surface area contributed by atoms with Crippen molar-refractivity contribution in [2.45, 2.75) is 24.7 Å². The smallest absolute Gasteiger partial charge is 0.243 e. The Morgan fingerprint density at radius 3 is 2.67 bits per heavy atom. The summed E-state index contributed by atoms with van der Waals surface area (Å²) in [6, 6.07) is 18.0. The Morgan fingerprint density at radius 2 is 1.88 bits per heavy atom. The number of nitrogens with zero attached hydrogens (tertiary/aromatic N) is 4. The van der Waals surface area contributed by atoms with Crippen LogP contribution in [0, 0.1) is 12.8 Å². The summed E-state index contributed by atoms with van der Waals surface area (Å²) >= 11 is 1.49. The third kappa shape index (κ3) is 4.29. The summed E-state index contributed by atoms with van der Waals surface area (Å²) in [4.78, 5) is 18.0. The number of benzene rings is 2. The number of aromatic nitrogens is 3. The molecule has 0 bridgehead atoms. The van der Waals surface area contributed by atoms with Gasteiger partial charge < -0.3 is 5.32 Å². The van der Waals surface area contributed by atoms with E-state index >= 15 is 0 Å². The van der Waals surface area contributed by atoms with Crippen molar-refractivity contribution in [3.8, 4) is 5.13 Å². The molecule has 0 radical (unpaired) electrons. The third-order valence-corrected chi connectivity index (χ3v) is 8.57. The molecule has 8 nitrogen and oxygen atoms in total. The number of para-hydroxylation sites is 1. The fraction of sp³-hybridized carbons (Fsp3) is 0.261. The van der Waals surface area contributed by atoms with Crippen LogP contribution in [-0.4, -0.2) is 46.5 Å². The zero-order valence-electron chi connectivity index (χ0n) is 18.0. The zero-order chi connectivity index (χ0) is 23.0. The third-order valence-electron chi connectivity index (χ3n) is 5.68. The molecule has 10 heteroatoms. The second-order valence-electron chi connectivity index (χ2n) is 8.05. The molecule has 1 N–H and O–H groups in total. The molecule has 1 atom stereocenters. The number of aryl methyl sites for hydroxylation is 1. The van der Waals surface area contributed by atoms with Gasteiger partial charge in [0.15, 0.2) is 0 Å². The summed E-state index contributed by atoms with van der Waals surface area (Å²) in [7, 11) is -3.64. The molecule has 1 aliphatic rings. The Hall–Kier alpha value is -3.08. The maximum atomic E-state index is 13.2. The molecule has 5 rings (SSSR count). The summed E-state index contributed by atoms with van der Waals surface area (Å²) in [6.07, 6.45) is 1.25. The first-order valence-corrected chi connectivity index (χ1v) is 13.0. The van der Waals surface area contributed by atoms with E-state index in [0.717, 1.165) is 15.9 Å². The van der Waals surface area contributed by atoms with Crippen molar-refractivity contribution in [1.82, 2.24) is 19.1 Å². The van der Waals surface area contributed by atoms with E-state index < -0.39 is 15.9 Å². The molecule has 33 heavy (non-hydrogen) atoms. The Morgan fingerprint density at radius 1 is 1.12 bits per heavy atom. The topological polar surface area (TPSA) is 97.2 Å². The number of nitrogens with one attached hydrogen (secondary N) is 1. The number of carbonyl (C=O) groups is 1. The average molecular weight is 482 g/mol. The molecule has 2 aromatic carbocycles. The molecule has 1 saturated heterocycles. The van der Waals surface area contributed by atoms with Crippen LogP contribution in [0.15, 0.2) is 65.6 Å². The maximum Gasteiger partial charge on any atom is 0.243 e. The summed E-state index contributed by atoms with van der Waals surface area (Å²) in [5, 5.41) is 8.14. The van der Waals surface area contributed by atoms with Gasteiger partial charge in [-0.15, -0.1) is 0 Å². The molecule has 170 valence electrons. The van der Waals surface area contributed by atoms with Gasteiger partial charge in [0.1, 0.15) is 5.82 Å². The van der Waals surface area contributed by atoms with E-state index in [0.29, 0.717) is 30.3 Å². The van der Waals surface area contributed by atoms with Crippen molar-refractivity contribution < 1.29 is 13.2 Å². The molecule has 4 aromatic rings. The minimum atomic E-state index is -3.64. The molecule has 0 saturated carbocycles. The molecule has 3 heterocycles. The minimum Gasteiger partial charge on any atom is -0.310 e. The summed E-state index contributed by atoms with van der Waals surface area (Å²) < 4.78 is 30.1. The summed E-state index contributed by atoms with van der Waals surface area (Å²) in [5.74, 6) is -0.138. The van der Waals surface area contributed by atoms with Crippen molar-refractivity contribution in [2.75, 3.05) is 18.4 Å². The van der Waals surface area contributed by atoms with Crippen molar-refractivity contribution in [3.05, 3.63) is 66.4 Å². The fourth-order valence-corrected chi connectivity index (χ4v) is 6.51. The molecule has 1 amide bonds. The van der Waals surface area contributed by atoms with Gasteiger partial charge in [-0.3, -0.25) is 4.79 Å². The second-order valence-corrected chi connectivity index (χ2v) is 11.0. The number of carbonyl (C=O) groups excluding carboxylic acids is 1. The van der Waals surface area contributed by atoms with E-state index in [2.05, 4.69) is 15.4 Å². The SMILES string of the molecule is Cc1cc(NC(=O)C2CCCN(S(=O)(=O)c3ccccc3)C2)n(-c2nc3ccccc3s2)n1. The lowest BCUT2D eigenvalue weighted by atomic mass is 9.99. The van der Waals surface area contributed by atoms with Crippen LogP contribution in [0.4, 0.5) is 5.82 Å². The van der Waals surface area contributed by atoms with Gasteiger partial charge in [0.25, 0.3) is 0 Å². The van der Waals surface area contributed by atoms with Crippen molar-refractivity contribution in [1.29, 1.82) is 0 Å². The number of fused-ring (bicyclic) bond motifs is 1. The minimum absolute atomic E-state index is 0.150. The van der Waals surface area contributed by atoms with Crippen LogP contribution in [-0.2, 0) is 14.8 Å². The van der Waals surface area contributed by atoms with E-state index in [1.54, 1.807) is 41.1 Å². The van der Waals surface area contributed by atoms with Gasteiger partial charge >= 0.3 is 0 Å². The Bertz CT molecular complexity index is 1380. The predicted molar refractivity (Wildman–Crippen MR) is 128 cm³/mol. The van der Waals surface area contributed by atoms with E-state index in [1.807, 2.05) is 31.2 Å². The van der Waals surface area contributed by atoms with Gasteiger partial charge in [-0.1, -0.05) is 41.7 Å². The average Bonchev–Trinajstić information content (AvgIpc) is 3.42. The zero-order valence-corrected chi connectivity index (χ0v) is 19.6. The van der Waals surface area contributed by atoms with E-state index in [9.17, 15) is 13.2 Å². The summed E-state index contributed by atoms with van der Waals surface area (Å²) in [6.45, 7) is 2.41. The monoisotopic (exact) mass is 481 g/mol. The Kier molecular flexibility index (Phi) is 5.73.